The molecule has 128 valence electrons. The Kier molecular flexibility index (Phi) is 4.53. The van der Waals surface area contributed by atoms with Gasteiger partial charge >= 0.3 is 0 Å². The fraction of sp³-hybridized carbons (Fsp3) is 0.412. The smallest absolute Gasteiger partial charge is 0.227 e. The first kappa shape index (κ1) is 17.2. The van der Waals surface area contributed by atoms with Crippen LogP contribution in [-0.2, 0) is 27.1 Å². The summed E-state index contributed by atoms with van der Waals surface area (Å²) in [5, 5.41) is 0.528. The second-order valence-corrected chi connectivity index (χ2v) is 8.62. The third-order valence-electron chi connectivity index (χ3n) is 4.76. The highest BCUT2D eigenvalue weighted by atomic mass is 35.5. The number of aryl methyl sites for hydroxylation is 1. The Morgan fingerprint density at radius 1 is 1.25 bits per heavy atom. The molecule has 0 unspecified atom stereocenters. The van der Waals surface area contributed by atoms with Gasteiger partial charge in [-0.05, 0) is 30.5 Å². The summed E-state index contributed by atoms with van der Waals surface area (Å²) in [6.45, 7) is 0. The first-order valence-electron chi connectivity index (χ1n) is 7.85. The molecule has 1 fully saturated rings. The van der Waals surface area contributed by atoms with Crippen molar-refractivity contribution in [1.82, 2.24) is 9.55 Å². The lowest BCUT2D eigenvalue weighted by molar-refractivity contribution is -0.121. The van der Waals surface area contributed by atoms with Gasteiger partial charge in [0.25, 0.3) is 0 Å². The number of rotatable bonds is 5. The maximum Gasteiger partial charge on any atom is 0.227 e. The van der Waals surface area contributed by atoms with E-state index in [-0.39, 0.29) is 10.9 Å². The highest BCUT2D eigenvalue weighted by Crippen LogP contribution is 2.42. The maximum absolute atomic E-state index is 13.0. The average molecular weight is 367 g/mol. The number of nitrogens with zero attached hydrogens (tertiary/aromatic N) is 2. The number of carbonyl (C=O) groups is 1. The second kappa shape index (κ2) is 6.33. The van der Waals surface area contributed by atoms with E-state index in [2.05, 4.69) is 4.98 Å². The number of benzene rings is 1. The van der Waals surface area contributed by atoms with Gasteiger partial charge in [0.1, 0.15) is 5.75 Å². The Hall–Kier alpha value is -1.66. The van der Waals surface area contributed by atoms with E-state index >= 15 is 0 Å². The minimum Gasteiger partial charge on any atom is -0.325 e. The summed E-state index contributed by atoms with van der Waals surface area (Å²) >= 11 is 5.94. The zero-order valence-electron chi connectivity index (χ0n) is 13.4. The zero-order valence-corrected chi connectivity index (χ0v) is 15.0. The van der Waals surface area contributed by atoms with E-state index in [1.165, 1.54) is 10.8 Å². The second-order valence-electron chi connectivity index (χ2n) is 6.30. The van der Waals surface area contributed by atoms with Gasteiger partial charge < -0.3 is 4.57 Å². The molecule has 1 saturated carbocycles. The van der Waals surface area contributed by atoms with Crippen molar-refractivity contribution in [3.8, 4) is 0 Å². The molecule has 24 heavy (non-hydrogen) atoms. The van der Waals surface area contributed by atoms with E-state index in [1.54, 1.807) is 25.4 Å². The van der Waals surface area contributed by atoms with Crippen LogP contribution in [0.4, 0.5) is 0 Å². The Morgan fingerprint density at radius 2 is 1.88 bits per heavy atom. The Morgan fingerprint density at radius 3 is 2.42 bits per heavy atom. The molecule has 7 heteroatoms. The Balaban J connectivity index is 1.94. The van der Waals surface area contributed by atoms with Gasteiger partial charge in [-0.3, -0.25) is 4.79 Å². The molecule has 0 saturated heterocycles. The molecular formula is C17H19ClN2O3S. The van der Waals surface area contributed by atoms with Crippen molar-refractivity contribution >= 4 is 27.2 Å². The van der Waals surface area contributed by atoms with Crippen LogP contribution in [0.1, 0.15) is 31.2 Å². The van der Waals surface area contributed by atoms with Crippen molar-refractivity contribution in [2.75, 3.05) is 5.75 Å². The summed E-state index contributed by atoms with van der Waals surface area (Å²) in [6, 6.07) is 7.16. The summed E-state index contributed by atoms with van der Waals surface area (Å²) in [6.07, 6.45) is 6.14. The lowest BCUT2D eigenvalue weighted by Crippen LogP contribution is -2.37. The predicted molar refractivity (Wildman–Crippen MR) is 91.9 cm³/mol. The summed E-state index contributed by atoms with van der Waals surface area (Å²) in [5.41, 5.74) is 0.118. The zero-order chi connectivity index (χ0) is 17.4. The fourth-order valence-corrected chi connectivity index (χ4v) is 5.10. The van der Waals surface area contributed by atoms with E-state index in [4.69, 9.17) is 11.6 Å². The van der Waals surface area contributed by atoms with Crippen LogP contribution >= 0.6 is 11.6 Å². The first-order valence-corrected chi connectivity index (χ1v) is 9.88. The van der Waals surface area contributed by atoms with Gasteiger partial charge in [0, 0.05) is 24.5 Å². The van der Waals surface area contributed by atoms with Gasteiger partial charge in [-0.1, -0.05) is 36.6 Å². The monoisotopic (exact) mass is 366 g/mol. The van der Waals surface area contributed by atoms with Crippen molar-refractivity contribution in [3.63, 3.8) is 0 Å². The van der Waals surface area contributed by atoms with Gasteiger partial charge in [0.2, 0.25) is 15.0 Å². The van der Waals surface area contributed by atoms with Crippen molar-refractivity contribution in [2.45, 2.75) is 36.3 Å². The number of Topliss-reactive ketones (excluding diaryl/α,β-unsaturated/α-hetero) is 1. The number of hydrogen-bond acceptors (Lipinski definition) is 4. The molecule has 0 aliphatic heterocycles. The van der Waals surface area contributed by atoms with E-state index in [0.29, 0.717) is 17.9 Å². The molecule has 0 N–H and O–H groups in total. The molecule has 0 amide bonds. The number of halogens is 1. The van der Waals surface area contributed by atoms with Crippen LogP contribution in [0.3, 0.4) is 0 Å². The summed E-state index contributed by atoms with van der Waals surface area (Å²) in [7, 11) is -2.16. The SMILES string of the molecule is Cn1ccnc1S(=O)(=O)CC(=O)C1(c2ccc(Cl)cc2)CCCC1. The normalized spacial score (nSPS) is 17.1. The fourth-order valence-electron chi connectivity index (χ4n) is 3.50. The van der Waals surface area contributed by atoms with E-state index in [0.717, 1.165) is 18.4 Å². The quantitative estimate of drug-likeness (QED) is 0.815. The molecule has 0 spiro atoms. The number of aromatic nitrogens is 2. The molecule has 2 aromatic rings. The summed E-state index contributed by atoms with van der Waals surface area (Å²) < 4.78 is 26.6. The van der Waals surface area contributed by atoms with Gasteiger partial charge in [0.05, 0.1) is 5.41 Å². The van der Waals surface area contributed by atoms with E-state index in [9.17, 15) is 13.2 Å². The van der Waals surface area contributed by atoms with Crippen LogP contribution in [0.15, 0.2) is 41.8 Å². The minimum absolute atomic E-state index is 0.0693. The number of carbonyl (C=O) groups excluding carboxylic acids is 1. The summed E-state index contributed by atoms with van der Waals surface area (Å²) in [4.78, 5) is 16.9. The van der Waals surface area contributed by atoms with Gasteiger partial charge in [-0.25, -0.2) is 13.4 Å². The number of hydrogen-bond donors (Lipinski definition) is 0. The summed E-state index contributed by atoms with van der Waals surface area (Å²) in [5.74, 6) is -0.786. The molecule has 1 aliphatic rings. The maximum atomic E-state index is 13.0. The number of imidazole rings is 1. The van der Waals surface area contributed by atoms with Crippen molar-refractivity contribution in [1.29, 1.82) is 0 Å². The van der Waals surface area contributed by atoms with Crippen LogP contribution in [0, 0.1) is 0 Å². The van der Waals surface area contributed by atoms with Gasteiger partial charge in [-0.15, -0.1) is 0 Å². The topological polar surface area (TPSA) is 69.0 Å². The lowest BCUT2D eigenvalue weighted by Gasteiger charge is -2.28. The van der Waals surface area contributed by atoms with Crippen LogP contribution < -0.4 is 0 Å². The highest BCUT2D eigenvalue weighted by Gasteiger charge is 2.44. The predicted octanol–water partition coefficient (Wildman–Crippen LogP) is 2.93. The van der Waals surface area contributed by atoms with Crippen molar-refractivity contribution < 1.29 is 13.2 Å². The molecule has 0 bridgehead atoms. The molecule has 5 nitrogen and oxygen atoms in total. The van der Waals surface area contributed by atoms with Crippen LogP contribution in [-0.4, -0.2) is 29.5 Å². The number of ketones is 1. The molecule has 1 heterocycles. The van der Waals surface area contributed by atoms with Crippen molar-refractivity contribution in [3.05, 3.63) is 47.2 Å². The molecule has 0 radical (unpaired) electrons. The average Bonchev–Trinajstić information content (AvgIpc) is 3.17. The number of sulfone groups is 1. The largest absolute Gasteiger partial charge is 0.325 e. The van der Waals surface area contributed by atoms with Crippen molar-refractivity contribution in [2.24, 2.45) is 7.05 Å². The third-order valence-corrected chi connectivity index (χ3v) is 6.61. The van der Waals surface area contributed by atoms with Crippen LogP contribution in [0.5, 0.6) is 0 Å². The molecule has 1 aromatic carbocycles. The van der Waals surface area contributed by atoms with Crippen LogP contribution in [0.2, 0.25) is 5.02 Å². The van der Waals surface area contributed by atoms with E-state index in [1.807, 2.05) is 12.1 Å². The third kappa shape index (κ3) is 3.00. The lowest BCUT2D eigenvalue weighted by atomic mass is 9.76. The minimum atomic E-state index is -3.76. The van der Waals surface area contributed by atoms with E-state index < -0.39 is 21.0 Å². The molecule has 1 aromatic heterocycles. The molecular weight excluding hydrogens is 348 g/mol. The van der Waals surface area contributed by atoms with Gasteiger partial charge in [0.15, 0.2) is 5.78 Å². The Bertz CT molecular complexity index is 850. The molecule has 1 aliphatic carbocycles. The molecule has 0 atom stereocenters. The first-order chi connectivity index (χ1) is 11.3. The van der Waals surface area contributed by atoms with Crippen LogP contribution in [0.25, 0.3) is 0 Å². The van der Waals surface area contributed by atoms with Gasteiger partial charge in [-0.2, -0.15) is 0 Å². The standard InChI is InChI=1S/C17H19ClN2O3S/c1-20-11-10-19-16(20)24(22,23)12-15(21)17(8-2-3-9-17)13-4-6-14(18)7-5-13/h4-7,10-11H,2-3,8-9,12H2,1H3. The Labute approximate surface area is 146 Å². The molecule has 3 rings (SSSR count). The highest BCUT2D eigenvalue weighted by molar-refractivity contribution is 7.92.